The Morgan fingerprint density at radius 3 is 2.37 bits per heavy atom. The van der Waals surface area contributed by atoms with Gasteiger partial charge in [0.05, 0.1) is 12.1 Å². The summed E-state index contributed by atoms with van der Waals surface area (Å²) in [5.74, 6) is 1.86. The molecule has 0 saturated carbocycles. The molecule has 4 heteroatoms. The molecule has 0 aliphatic rings. The number of carbonyl (C=O) groups is 1. The van der Waals surface area contributed by atoms with Gasteiger partial charge in [0.2, 0.25) is 0 Å². The highest BCUT2D eigenvalue weighted by Gasteiger charge is 2.07. The fourth-order valence-corrected chi connectivity index (χ4v) is 1.95. The molecular weight excluding hydrogens is 264 g/mol. The molecule has 0 aromatic heterocycles. The molecule has 0 heterocycles. The standard InChI is InChI=1S/C15H13ClO3/c1-10(17)14-7-6-13(9-15(14)16)19-12-5-3-4-11(8-12)18-2/h3-9H,1-2H3. The minimum absolute atomic E-state index is 0.0714. The van der Waals surface area contributed by atoms with Crippen LogP contribution in [0.25, 0.3) is 0 Å². The molecule has 0 bridgehead atoms. The third-order valence-corrected chi connectivity index (χ3v) is 2.91. The molecule has 2 rings (SSSR count). The van der Waals surface area contributed by atoms with Crippen molar-refractivity contribution in [1.82, 2.24) is 0 Å². The van der Waals surface area contributed by atoms with Gasteiger partial charge in [0.1, 0.15) is 17.2 Å². The first-order chi connectivity index (χ1) is 9.10. The Bertz CT molecular complexity index is 608. The van der Waals surface area contributed by atoms with Gasteiger partial charge in [-0.3, -0.25) is 4.79 Å². The molecule has 0 saturated heterocycles. The minimum Gasteiger partial charge on any atom is -0.497 e. The van der Waals surface area contributed by atoms with Crippen molar-refractivity contribution in [3.05, 3.63) is 53.1 Å². The zero-order chi connectivity index (χ0) is 13.8. The van der Waals surface area contributed by atoms with Crippen molar-refractivity contribution in [1.29, 1.82) is 0 Å². The number of rotatable bonds is 4. The van der Waals surface area contributed by atoms with Crippen molar-refractivity contribution < 1.29 is 14.3 Å². The van der Waals surface area contributed by atoms with Crippen molar-refractivity contribution >= 4 is 17.4 Å². The van der Waals surface area contributed by atoms with Gasteiger partial charge < -0.3 is 9.47 Å². The van der Waals surface area contributed by atoms with Crippen molar-refractivity contribution in [2.45, 2.75) is 6.92 Å². The van der Waals surface area contributed by atoms with Crippen LogP contribution in [0.3, 0.4) is 0 Å². The lowest BCUT2D eigenvalue weighted by molar-refractivity contribution is 0.101. The van der Waals surface area contributed by atoms with Crippen LogP contribution in [0.5, 0.6) is 17.2 Å². The molecule has 0 N–H and O–H groups in total. The summed E-state index contributed by atoms with van der Waals surface area (Å²) in [6, 6.07) is 12.2. The predicted octanol–water partition coefficient (Wildman–Crippen LogP) is 4.34. The topological polar surface area (TPSA) is 35.5 Å². The molecule has 0 spiro atoms. The molecule has 2 aromatic carbocycles. The summed E-state index contributed by atoms with van der Waals surface area (Å²) in [4.78, 5) is 11.3. The lowest BCUT2D eigenvalue weighted by Gasteiger charge is -2.08. The van der Waals surface area contributed by atoms with E-state index in [1.165, 1.54) is 6.92 Å². The zero-order valence-electron chi connectivity index (χ0n) is 10.6. The summed E-state index contributed by atoms with van der Waals surface area (Å²) in [5.41, 5.74) is 0.486. The number of carbonyl (C=O) groups excluding carboxylic acids is 1. The number of methoxy groups -OCH3 is 1. The minimum atomic E-state index is -0.0714. The van der Waals surface area contributed by atoms with Gasteiger partial charge in [0.25, 0.3) is 0 Å². The van der Waals surface area contributed by atoms with Gasteiger partial charge in [-0.1, -0.05) is 17.7 Å². The van der Waals surface area contributed by atoms with E-state index in [4.69, 9.17) is 21.1 Å². The first-order valence-corrected chi connectivity index (χ1v) is 6.10. The molecule has 19 heavy (non-hydrogen) atoms. The van der Waals surface area contributed by atoms with Gasteiger partial charge >= 0.3 is 0 Å². The van der Waals surface area contributed by atoms with E-state index in [1.807, 2.05) is 18.2 Å². The molecule has 0 atom stereocenters. The lowest BCUT2D eigenvalue weighted by Crippen LogP contribution is -1.94. The normalized spacial score (nSPS) is 10.1. The van der Waals surface area contributed by atoms with Crippen LogP contribution in [-0.4, -0.2) is 12.9 Å². The van der Waals surface area contributed by atoms with Crippen molar-refractivity contribution in [2.24, 2.45) is 0 Å². The van der Waals surface area contributed by atoms with Crippen LogP contribution in [0.4, 0.5) is 0 Å². The first kappa shape index (κ1) is 13.4. The average Bonchev–Trinajstić information content (AvgIpc) is 2.38. The third-order valence-electron chi connectivity index (χ3n) is 2.60. The highest BCUT2D eigenvalue weighted by atomic mass is 35.5. The van der Waals surface area contributed by atoms with Crippen molar-refractivity contribution in [3.63, 3.8) is 0 Å². The largest absolute Gasteiger partial charge is 0.497 e. The highest BCUT2D eigenvalue weighted by molar-refractivity contribution is 6.34. The number of benzene rings is 2. The summed E-state index contributed by atoms with van der Waals surface area (Å²) in [6.07, 6.45) is 0. The van der Waals surface area contributed by atoms with Gasteiger partial charge in [0, 0.05) is 17.7 Å². The second-order valence-corrected chi connectivity index (χ2v) is 4.39. The quantitative estimate of drug-likeness (QED) is 0.779. The monoisotopic (exact) mass is 276 g/mol. The van der Waals surface area contributed by atoms with E-state index in [9.17, 15) is 4.79 Å². The number of halogens is 1. The van der Waals surface area contributed by atoms with Gasteiger partial charge in [0.15, 0.2) is 5.78 Å². The molecule has 0 radical (unpaired) electrons. The second-order valence-electron chi connectivity index (χ2n) is 3.98. The summed E-state index contributed by atoms with van der Waals surface area (Å²) in [7, 11) is 1.59. The third kappa shape index (κ3) is 3.26. The molecule has 0 unspecified atom stereocenters. The molecule has 0 fully saturated rings. The maximum Gasteiger partial charge on any atom is 0.161 e. The molecule has 0 aliphatic carbocycles. The van der Waals surface area contributed by atoms with Crippen LogP contribution in [0.2, 0.25) is 5.02 Å². The van der Waals surface area contributed by atoms with Gasteiger partial charge in [-0.2, -0.15) is 0 Å². The van der Waals surface area contributed by atoms with E-state index in [-0.39, 0.29) is 5.78 Å². The second kappa shape index (κ2) is 5.76. The fraction of sp³-hybridized carbons (Fsp3) is 0.133. The molecular formula is C15H13ClO3. The first-order valence-electron chi connectivity index (χ1n) is 5.72. The Hall–Kier alpha value is -2.00. The number of ether oxygens (including phenoxy) is 2. The Morgan fingerprint density at radius 1 is 1.05 bits per heavy atom. The summed E-state index contributed by atoms with van der Waals surface area (Å²) in [6.45, 7) is 1.48. The van der Waals surface area contributed by atoms with Crippen LogP contribution in [0.1, 0.15) is 17.3 Å². The Kier molecular flexibility index (Phi) is 4.07. The fourth-order valence-electron chi connectivity index (χ4n) is 1.65. The molecule has 98 valence electrons. The van der Waals surface area contributed by atoms with E-state index in [0.29, 0.717) is 27.8 Å². The number of ketones is 1. The van der Waals surface area contributed by atoms with E-state index >= 15 is 0 Å². The zero-order valence-corrected chi connectivity index (χ0v) is 11.4. The van der Waals surface area contributed by atoms with E-state index < -0.39 is 0 Å². The molecule has 0 amide bonds. The van der Waals surface area contributed by atoms with Gasteiger partial charge in [-0.25, -0.2) is 0 Å². The maximum absolute atomic E-state index is 11.3. The Labute approximate surface area is 116 Å². The maximum atomic E-state index is 11.3. The van der Waals surface area contributed by atoms with Gasteiger partial charge in [-0.15, -0.1) is 0 Å². The lowest BCUT2D eigenvalue weighted by atomic mass is 10.1. The summed E-state index contributed by atoms with van der Waals surface area (Å²) in [5, 5.41) is 0.382. The van der Waals surface area contributed by atoms with Gasteiger partial charge in [-0.05, 0) is 31.2 Å². The Morgan fingerprint density at radius 2 is 1.74 bits per heavy atom. The van der Waals surface area contributed by atoms with Crippen LogP contribution in [-0.2, 0) is 0 Å². The number of Topliss-reactive ketones (excluding diaryl/α,β-unsaturated/α-hetero) is 1. The number of hydrogen-bond donors (Lipinski definition) is 0. The van der Waals surface area contributed by atoms with E-state index in [0.717, 1.165) is 0 Å². The summed E-state index contributed by atoms with van der Waals surface area (Å²) >= 11 is 6.02. The van der Waals surface area contributed by atoms with Crippen LogP contribution in [0, 0.1) is 0 Å². The van der Waals surface area contributed by atoms with Crippen LogP contribution in [0.15, 0.2) is 42.5 Å². The number of hydrogen-bond acceptors (Lipinski definition) is 3. The van der Waals surface area contributed by atoms with E-state index in [2.05, 4.69) is 0 Å². The van der Waals surface area contributed by atoms with Crippen LogP contribution >= 0.6 is 11.6 Å². The average molecular weight is 277 g/mol. The van der Waals surface area contributed by atoms with Crippen LogP contribution < -0.4 is 9.47 Å². The van der Waals surface area contributed by atoms with Crippen molar-refractivity contribution in [2.75, 3.05) is 7.11 Å². The SMILES string of the molecule is COc1cccc(Oc2ccc(C(C)=O)c(Cl)c2)c1. The predicted molar refractivity (Wildman–Crippen MR) is 74.5 cm³/mol. The van der Waals surface area contributed by atoms with Crippen molar-refractivity contribution in [3.8, 4) is 17.2 Å². The molecule has 2 aromatic rings. The smallest absolute Gasteiger partial charge is 0.161 e. The molecule has 0 aliphatic heterocycles. The Balaban J connectivity index is 2.23. The highest BCUT2D eigenvalue weighted by Crippen LogP contribution is 2.28. The van der Waals surface area contributed by atoms with E-state index in [1.54, 1.807) is 31.4 Å². The molecule has 3 nitrogen and oxygen atoms in total. The summed E-state index contributed by atoms with van der Waals surface area (Å²) < 4.78 is 10.8.